The first-order valence-corrected chi connectivity index (χ1v) is 7.53. The molecule has 2 aliphatic rings. The topological polar surface area (TPSA) is 66.4 Å². The molecule has 0 radical (unpaired) electrons. The van der Waals surface area contributed by atoms with Gasteiger partial charge < -0.3 is 10.4 Å². The van der Waals surface area contributed by atoms with Gasteiger partial charge in [-0.15, -0.1) is 11.3 Å². The van der Waals surface area contributed by atoms with E-state index in [4.69, 9.17) is 5.11 Å². The van der Waals surface area contributed by atoms with Gasteiger partial charge in [0.05, 0.1) is 0 Å². The van der Waals surface area contributed by atoms with Gasteiger partial charge in [0.2, 0.25) is 5.91 Å². The minimum atomic E-state index is -0.902. The average Bonchev–Trinajstić information content (AvgIpc) is 3.26. The maximum Gasteiger partial charge on any atom is 0.326 e. The van der Waals surface area contributed by atoms with Crippen molar-refractivity contribution >= 4 is 23.2 Å². The summed E-state index contributed by atoms with van der Waals surface area (Å²) in [6, 6.07) is 1.38. The molecular weight excluding hydrogens is 262 g/mol. The zero-order chi connectivity index (χ0) is 13.6. The number of amides is 1. The van der Waals surface area contributed by atoms with E-state index in [1.165, 1.54) is 10.4 Å². The maximum absolute atomic E-state index is 12.1. The molecule has 1 heterocycles. The Balaban J connectivity index is 1.60. The van der Waals surface area contributed by atoms with Crippen LogP contribution in [0.2, 0.25) is 0 Å². The van der Waals surface area contributed by atoms with Crippen LogP contribution in [-0.4, -0.2) is 23.0 Å². The van der Waals surface area contributed by atoms with E-state index in [2.05, 4.69) is 18.3 Å². The fourth-order valence-electron chi connectivity index (χ4n) is 2.61. The number of hydrogen-bond donors (Lipinski definition) is 2. The van der Waals surface area contributed by atoms with Gasteiger partial charge in [-0.3, -0.25) is 4.79 Å². The molecule has 0 bridgehead atoms. The molecule has 102 valence electrons. The van der Waals surface area contributed by atoms with Crippen LogP contribution in [0.15, 0.2) is 11.4 Å². The highest BCUT2D eigenvalue weighted by Crippen LogP contribution is 2.50. The van der Waals surface area contributed by atoms with E-state index in [-0.39, 0.29) is 17.7 Å². The molecule has 0 aromatic carbocycles. The molecule has 4 nitrogen and oxygen atoms in total. The van der Waals surface area contributed by atoms with Crippen molar-refractivity contribution in [2.45, 2.75) is 38.1 Å². The summed E-state index contributed by atoms with van der Waals surface area (Å²) in [4.78, 5) is 24.5. The van der Waals surface area contributed by atoms with Crippen LogP contribution in [0.25, 0.3) is 0 Å². The van der Waals surface area contributed by atoms with E-state index in [1.54, 1.807) is 11.3 Å². The Morgan fingerprint density at radius 1 is 1.47 bits per heavy atom. The highest BCUT2D eigenvalue weighted by Gasteiger charge is 2.47. The minimum absolute atomic E-state index is 0.0297. The molecule has 3 rings (SSSR count). The molecule has 0 aliphatic heterocycles. The third-order valence-electron chi connectivity index (χ3n) is 4.02. The van der Waals surface area contributed by atoms with Crippen molar-refractivity contribution in [1.82, 2.24) is 5.32 Å². The summed E-state index contributed by atoms with van der Waals surface area (Å²) in [6.07, 6.45) is 2.68. The van der Waals surface area contributed by atoms with Gasteiger partial charge in [0.15, 0.2) is 0 Å². The molecule has 2 N–H and O–H groups in total. The SMILES string of the molecule is Cc1ccsc1C1CC1C(=O)NC(C(=O)O)C1CC1. The van der Waals surface area contributed by atoms with Crippen LogP contribution in [0.1, 0.15) is 35.6 Å². The highest BCUT2D eigenvalue weighted by molar-refractivity contribution is 7.10. The van der Waals surface area contributed by atoms with Crippen LogP contribution in [-0.2, 0) is 9.59 Å². The van der Waals surface area contributed by atoms with Crippen molar-refractivity contribution in [1.29, 1.82) is 0 Å². The second-order valence-electron chi connectivity index (χ2n) is 5.58. The molecule has 3 unspecified atom stereocenters. The Morgan fingerprint density at radius 2 is 2.21 bits per heavy atom. The molecule has 2 aliphatic carbocycles. The third-order valence-corrected chi connectivity index (χ3v) is 5.17. The number of carboxylic acid groups (broad SMARTS) is 1. The van der Waals surface area contributed by atoms with E-state index in [1.807, 2.05) is 5.38 Å². The lowest BCUT2D eigenvalue weighted by Crippen LogP contribution is -2.43. The Bertz CT molecular complexity index is 521. The van der Waals surface area contributed by atoms with Gasteiger partial charge in [0.1, 0.15) is 6.04 Å². The number of hydrogen-bond acceptors (Lipinski definition) is 3. The summed E-state index contributed by atoms with van der Waals surface area (Å²) in [7, 11) is 0. The van der Waals surface area contributed by atoms with Gasteiger partial charge in [-0.05, 0) is 49.1 Å². The van der Waals surface area contributed by atoms with Crippen LogP contribution >= 0.6 is 11.3 Å². The van der Waals surface area contributed by atoms with Crippen molar-refractivity contribution in [2.24, 2.45) is 11.8 Å². The fraction of sp³-hybridized carbons (Fsp3) is 0.571. The summed E-state index contributed by atoms with van der Waals surface area (Å²) < 4.78 is 0. The zero-order valence-corrected chi connectivity index (χ0v) is 11.6. The van der Waals surface area contributed by atoms with Crippen LogP contribution in [0.4, 0.5) is 0 Å². The van der Waals surface area contributed by atoms with E-state index in [0.29, 0.717) is 5.92 Å². The first-order chi connectivity index (χ1) is 9.08. The molecule has 0 spiro atoms. The summed E-state index contributed by atoms with van der Waals surface area (Å²) in [5, 5.41) is 13.9. The van der Waals surface area contributed by atoms with Crippen molar-refractivity contribution in [3.05, 3.63) is 21.9 Å². The number of thiophene rings is 1. The molecule has 0 saturated heterocycles. The largest absolute Gasteiger partial charge is 0.480 e. The maximum atomic E-state index is 12.1. The number of nitrogens with one attached hydrogen (secondary N) is 1. The zero-order valence-electron chi connectivity index (χ0n) is 10.8. The summed E-state index contributed by atoms with van der Waals surface area (Å²) in [5.74, 6) is -0.578. The number of carbonyl (C=O) groups excluding carboxylic acids is 1. The summed E-state index contributed by atoms with van der Waals surface area (Å²) >= 11 is 1.69. The van der Waals surface area contributed by atoms with Gasteiger partial charge in [-0.25, -0.2) is 4.79 Å². The van der Waals surface area contributed by atoms with E-state index in [0.717, 1.165) is 19.3 Å². The van der Waals surface area contributed by atoms with Crippen LogP contribution in [0.3, 0.4) is 0 Å². The van der Waals surface area contributed by atoms with Crippen molar-refractivity contribution in [3.8, 4) is 0 Å². The van der Waals surface area contributed by atoms with Crippen molar-refractivity contribution in [3.63, 3.8) is 0 Å². The number of carboxylic acids is 1. The number of aryl methyl sites for hydroxylation is 1. The predicted octanol–water partition coefficient (Wildman–Crippen LogP) is 2.14. The van der Waals surface area contributed by atoms with Crippen LogP contribution < -0.4 is 5.32 Å². The number of carbonyl (C=O) groups is 2. The molecule has 1 aromatic heterocycles. The number of rotatable bonds is 5. The monoisotopic (exact) mass is 279 g/mol. The van der Waals surface area contributed by atoms with Gasteiger partial charge in [0.25, 0.3) is 0 Å². The molecule has 2 saturated carbocycles. The molecule has 19 heavy (non-hydrogen) atoms. The molecular formula is C14H17NO3S. The number of aliphatic carboxylic acids is 1. The highest BCUT2D eigenvalue weighted by atomic mass is 32.1. The van der Waals surface area contributed by atoms with E-state index >= 15 is 0 Å². The lowest BCUT2D eigenvalue weighted by molar-refractivity contribution is -0.142. The molecule has 5 heteroatoms. The van der Waals surface area contributed by atoms with E-state index < -0.39 is 12.0 Å². The Kier molecular flexibility index (Phi) is 3.09. The van der Waals surface area contributed by atoms with E-state index in [9.17, 15) is 9.59 Å². The Hall–Kier alpha value is -1.36. The Labute approximate surface area is 115 Å². The normalized spacial score (nSPS) is 26.8. The summed E-state index contributed by atoms with van der Waals surface area (Å²) in [5.41, 5.74) is 1.24. The van der Waals surface area contributed by atoms with Crippen molar-refractivity contribution < 1.29 is 14.7 Å². The van der Waals surface area contributed by atoms with Gasteiger partial charge in [-0.2, -0.15) is 0 Å². The first kappa shape index (κ1) is 12.7. The van der Waals surface area contributed by atoms with Gasteiger partial charge in [0, 0.05) is 16.7 Å². The fourth-order valence-corrected chi connectivity index (χ4v) is 3.72. The average molecular weight is 279 g/mol. The smallest absolute Gasteiger partial charge is 0.326 e. The van der Waals surface area contributed by atoms with Crippen LogP contribution in [0, 0.1) is 18.8 Å². The quantitative estimate of drug-likeness (QED) is 0.867. The standard InChI is InChI=1S/C14H17NO3S/c1-7-4-5-19-12(7)9-6-10(9)13(16)15-11(14(17)18)8-2-3-8/h4-5,8-11H,2-3,6H2,1H3,(H,15,16)(H,17,18). The first-order valence-electron chi connectivity index (χ1n) is 6.65. The minimum Gasteiger partial charge on any atom is -0.480 e. The lowest BCUT2D eigenvalue weighted by atomic mass is 10.1. The molecule has 3 atom stereocenters. The molecule has 1 amide bonds. The summed E-state index contributed by atoms with van der Waals surface area (Å²) in [6.45, 7) is 2.06. The second kappa shape index (κ2) is 4.63. The molecule has 2 fully saturated rings. The third kappa shape index (κ3) is 2.52. The second-order valence-corrected chi connectivity index (χ2v) is 6.53. The Morgan fingerprint density at radius 3 is 2.74 bits per heavy atom. The van der Waals surface area contributed by atoms with Gasteiger partial charge >= 0.3 is 5.97 Å². The van der Waals surface area contributed by atoms with Crippen LogP contribution in [0.5, 0.6) is 0 Å². The lowest BCUT2D eigenvalue weighted by Gasteiger charge is -2.13. The predicted molar refractivity (Wildman–Crippen MR) is 72.2 cm³/mol. The molecule has 1 aromatic rings. The van der Waals surface area contributed by atoms with Gasteiger partial charge in [-0.1, -0.05) is 0 Å². The van der Waals surface area contributed by atoms with Crippen molar-refractivity contribution in [2.75, 3.05) is 0 Å².